The first-order valence-corrected chi connectivity index (χ1v) is 8.56. The van der Waals surface area contributed by atoms with E-state index in [-0.39, 0.29) is 0 Å². The zero-order chi connectivity index (χ0) is 15.4. The minimum Gasteiger partial charge on any atom is -0.371 e. The molecule has 1 rings (SSSR count). The second-order valence-electron chi connectivity index (χ2n) is 4.12. The minimum atomic E-state index is -5.27. The van der Waals surface area contributed by atoms with Crippen LogP contribution in [0.4, 0.5) is 18.9 Å². The van der Waals surface area contributed by atoms with Crippen LogP contribution in [0.25, 0.3) is 0 Å². The van der Waals surface area contributed by atoms with Gasteiger partial charge >= 0.3 is 5.51 Å². The van der Waals surface area contributed by atoms with E-state index >= 15 is 0 Å². The van der Waals surface area contributed by atoms with Crippen molar-refractivity contribution in [2.24, 2.45) is 0 Å². The minimum absolute atomic E-state index is 0.694. The third kappa shape index (κ3) is 3.88. The van der Waals surface area contributed by atoms with Gasteiger partial charge in [-0.15, -0.1) is 0 Å². The Morgan fingerprint density at radius 2 is 1.70 bits per heavy atom. The van der Waals surface area contributed by atoms with E-state index in [1.165, 1.54) is 12.1 Å². The molecule has 0 fully saturated rings. The Bertz CT molecular complexity index is 523. The molecule has 0 amide bonds. The van der Waals surface area contributed by atoms with Crippen LogP contribution in [0, 0.1) is 0 Å². The Hall–Kier alpha value is -0.760. The summed E-state index contributed by atoms with van der Waals surface area (Å²) in [4.78, 5) is 1.24. The summed E-state index contributed by atoms with van der Waals surface area (Å²) in [5, 5.41) is 0.718. The second kappa shape index (κ2) is 6.80. The highest BCUT2D eigenvalue weighted by Crippen LogP contribution is 2.31. The summed E-state index contributed by atoms with van der Waals surface area (Å²) in [5.41, 5.74) is -4.57. The summed E-state index contributed by atoms with van der Waals surface area (Å²) in [6.45, 7) is 3.43. The van der Waals surface area contributed by atoms with E-state index in [0.717, 1.165) is 30.4 Å². The number of rotatable bonds is 6. The van der Waals surface area contributed by atoms with Crippen LogP contribution >= 0.6 is 15.9 Å². The van der Waals surface area contributed by atoms with Crippen LogP contribution in [0.15, 0.2) is 29.2 Å². The second-order valence-corrected chi connectivity index (χ2v) is 6.85. The summed E-state index contributed by atoms with van der Waals surface area (Å²) in [6, 6.07) is 4.79. The van der Waals surface area contributed by atoms with Gasteiger partial charge in [0.25, 0.3) is 9.84 Å². The lowest BCUT2D eigenvalue weighted by Crippen LogP contribution is -2.26. The average Bonchev–Trinajstić information content (AvgIpc) is 2.37. The van der Waals surface area contributed by atoms with Gasteiger partial charge in [0.1, 0.15) is 0 Å². The molecule has 0 aliphatic rings. The molecule has 1 aromatic carbocycles. The van der Waals surface area contributed by atoms with Gasteiger partial charge in [-0.2, -0.15) is 13.2 Å². The molecule has 0 bridgehead atoms. The molecule has 0 aliphatic heterocycles. The number of alkyl halides is 4. The van der Waals surface area contributed by atoms with E-state index in [9.17, 15) is 21.6 Å². The summed E-state index contributed by atoms with van der Waals surface area (Å²) in [6.07, 6.45) is 0.885. The standard InChI is InChI=1S/C12H15BrF3NO2S/c1-2-8-17(9-7-13)10-3-5-11(6-4-10)20(18,19)12(14,15)16/h3-6H,2,7-9H2,1H3. The third-order valence-electron chi connectivity index (χ3n) is 2.66. The fourth-order valence-corrected chi connectivity index (χ4v) is 2.90. The van der Waals surface area contributed by atoms with Crippen molar-refractivity contribution in [3.63, 3.8) is 0 Å². The number of benzene rings is 1. The van der Waals surface area contributed by atoms with Gasteiger partial charge in [-0.25, -0.2) is 8.42 Å². The van der Waals surface area contributed by atoms with Crippen LogP contribution < -0.4 is 4.90 Å². The predicted molar refractivity (Wildman–Crippen MR) is 76.0 cm³/mol. The van der Waals surface area contributed by atoms with Gasteiger partial charge in [-0.3, -0.25) is 0 Å². The number of halogens is 4. The van der Waals surface area contributed by atoms with Crippen molar-refractivity contribution in [2.75, 3.05) is 23.3 Å². The lowest BCUT2D eigenvalue weighted by Gasteiger charge is -2.23. The van der Waals surface area contributed by atoms with Crippen molar-refractivity contribution in [1.29, 1.82) is 0 Å². The first-order valence-electron chi connectivity index (χ1n) is 5.96. The molecule has 0 spiro atoms. The van der Waals surface area contributed by atoms with E-state index < -0.39 is 20.2 Å². The number of hydrogen-bond donors (Lipinski definition) is 0. The highest BCUT2D eigenvalue weighted by molar-refractivity contribution is 9.09. The van der Waals surface area contributed by atoms with Crippen molar-refractivity contribution in [2.45, 2.75) is 23.7 Å². The van der Waals surface area contributed by atoms with Gasteiger partial charge < -0.3 is 4.90 Å². The number of sulfone groups is 1. The molecule has 0 unspecified atom stereocenters. The molecule has 0 N–H and O–H groups in total. The Morgan fingerprint density at radius 1 is 1.15 bits per heavy atom. The lowest BCUT2D eigenvalue weighted by atomic mass is 10.2. The van der Waals surface area contributed by atoms with E-state index in [1.54, 1.807) is 0 Å². The van der Waals surface area contributed by atoms with Gasteiger partial charge in [0, 0.05) is 24.1 Å². The molecule has 114 valence electrons. The molecule has 0 saturated heterocycles. The topological polar surface area (TPSA) is 37.4 Å². The third-order valence-corrected chi connectivity index (χ3v) is 4.52. The molecule has 0 heterocycles. The Morgan fingerprint density at radius 3 is 2.10 bits per heavy atom. The van der Waals surface area contributed by atoms with Crippen molar-refractivity contribution >= 4 is 31.5 Å². The van der Waals surface area contributed by atoms with E-state index in [4.69, 9.17) is 0 Å². The van der Waals surface area contributed by atoms with E-state index in [0.29, 0.717) is 12.2 Å². The smallest absolute Gasteiger partial charge is 0.371 e. The molecular weight excluding hydrogens is 359 g/mol. The van der Waals surface area contributed by atoms with Gasteiger partial charge in [-0.1, -0.05) is 22.9 Å². The molecule has 0 aliphatic carbocycles. The molecule has 0 saturated carbocycles. The Kier molecular flexibility index (Phi) is 5.88. The van der Waals surface area contributed by atoms with Crippen molar-refractivity contribution in [1.82, 2.24) is 0 Å². The van der Waals surface area contributed by atoms with Gasteiger partial charge in [0.2, 0.25) is 0 Å². The molecule has 0 atom stereocenters. The Balaban J connectivity index is 3.05. The maximum Gasteiger partial charge on any atom is 0.501 e. The number of anilines is 1. The highest BCUT2D eigenvalue weighted by atomic mass is 79.9. The normalized spacial score (nSPS) is 12.4. The van der Waals surface area contributed by atoms with E-state index in [1.807, 2.05) is 11.8 Å². The first-order chi connectivity index (χ1) is 9.24. The fourth-order valence-electron chi connectivity index (χ4n) is 1.71. The quantitative estimate of drug-likeness (QED) is 0.715. The predicted octanol–water partition coefficient (Wildman–Crippen LogP) is 3.59. The van der Waals surface area contributed by atoms with Crippen molar-refractivity contribution in [3.8, 4) is 0 Å². The molecule has 0 aromatic heterocycles. The van der Waals surface area contributed by atoms with E-state index in [2.05, 4.69) is 15.9 Å². The molecule has 0 radical (unpaired) electrons. The maximum atomic E-state index is 12.4. The molecule has 1 aromatic rings. The van der Waals surface area contributed by atoms with Crippen molar-refractivity contribution in [3.05, 3.63) is 24.3 Å². The van der Waals surface area contributed by atoms with Crippen LogP contribution in [0.1, 0.15) is 13.3 Å². The van der Waals surface area contributed by atoms with Crippen LogP contribution in [0.5, 0.6) is 0 Å². The number of hydrogen-bond acceptors (Lipinski definition) is 3. The van der Waals surface area contributed by atoms with Crippen LogP contribution in [-0.4, -0.2) is 32.3 Å². The van der Waals surface area contributed by atoms with Crippen LogP contribution in [0.3, 0.4) is 0 Å². The van der Waals surface area contributed by atoms with Crippen LogP contribution in [0.2, 0.25) is 0 Å². The largest absolute Gasteiger partial charge is 0.501 e. The average molecular weight is 374 g/mol. The van der Waals surface area contributed by atoms with Gasteiger partial charge in [-0.05, 0) is 30.7 Å². The monoisotopic (exact) mass is 373 g/mol. The first kappa shape index (κ1) is 17.3. The fraction of sp³-hybridized carbons (Fsp3) is 0.500. The molecule has 20 heavy (non-hydrogen) atoms. The summed E-state index contributed by atoms with van der Waals surface area (Å²) >= 11 is 3.30. The van der Waals surface area contributed by atoms with Crippen LogP contribution in [-0.2, 0) is 9.84 Å². The molecule has 8 heteroatoms. The summed E-state index contributed by atoms with van der Waals surface area (Å²) in [7, 11) is -5.27. The van der Waals surface area contributed by atoms with Gasteiger partial charge in [0.05, 0.1) is 4.90 Å². The summed E-state index contributed by atoms with van der Waals surface area (Å²) in [5.74, 6) is 0. The zero-order valence-corrected chi connectivity index (χ0v) is 13.2. The highest BCUT2D eigenvalue weighted by Gasteiger charge is 2.46. The lowest BCUT2D eigenvalue weighted by molar-refractivity contribution is -0.0436. The molecular formula is C12H15BrF3NO2S. The van der Waals surface area contributed by atoms with Crippen molar-refractivity contribution < 1.29 is 21.6 Å². The van der Waals surface area contributed by atoms with Gasteiger partial charge in [0.15, 0.2) is 0 Å². The SMILES string of the molecule is CCCN(CCBr)c1ccc(S(=O)(=O)C(F)(F)F)cc1. The maximum absolute atomic E-state index is 12.4. The molecule has 3 nitrogen and oxygen atoms in total. The summed E-state index contributed by atoms with van der Waals surface area (Å²) < 4.78 is 59.7. The zero-order valence-electron chi connectivity index (χ0n) is 10.8. The Labute approximate surface area is 124 Å². The number of nitrogens with zero attached hydrogens (tertiary/aromatic N) is 1.